The summed E-state index contributed by atoms with van der Waals surface area (Å²) >= 11 is 0. The smallest absolute Gasteiger partial charge is 0.350 e. The van der Waals surface area contributed by atoms with E-state index in [1.165, 1.54) is 0 Å². The van der Waals surface area contributed by atoms with E-state index in [9.17, 15) is 9.59 Å². The molecule has 3 aliphatic rings. The van der Waals surface area contributed by atoms with Gasteiger partial charge >= 0.3 is 5.69 Å². The van der Waals surface area contributed by atoms with Gasteiger partial charge in [-0.3, -0.25) is 9.36 Å². The normalized spacial score (nSPS) is 22.3. The van der Waals surface area contributed by atoms with Gasteiger partial charge in [-0.15, -0.1) is 0 Å². The standard InChI is InChI=1S/C25H34N6O3/c26-18-5-7-19(8-6-18)31-16-23-24(29-25(31)33)28-20-15-17(4-9-22(20)34-23)21(32)3-1-2-12-30-13-10-27-11-14-30/h4,9,15-16,18-19,27H,1-3,5-8,10-14,26H2,(H,28,29,33). The van der Waals surface area contributed by atoms with Gasteiger partial charge in [-0.2, -0.15) is 4.98 Å². The van der Waals surface area contributed by atoms with Gasteiger partial charge in [0.2, 0.25) is 0 Å². The zero-order valence-electron chi connectivity index (χ0n) is 19.6. The number of nitrogens with two attached hydrogens (primary N) is 1. The summed E-state index contributed by atoms with van der Waals surface area (Å²) in [6, 6.07) is 5.74. The maximum atomic E-state index is 12.8. The molecule has 1 aliphatic carbocycles. The summed E-state index contributed by atoms with van der Waals surface area (Å²) in [5.41, 5.74) is 7.02. The molecular formula is C25H34N6O3. The molecule has 9 heteroatoms. The van der Waals surface area contributed by atoms with Crippen molar-refractivity contribution in [1.82, 2.24) is 19.8 Å². The number of anilines is 2. The Hall–Kier alpha value is -2.75. The monoisotopic (exact) mass is 466 g/mol. The molecule has 1 saturated heterocycles. The second-order valence-electron chi connectivity index (χ2n) is 9.62. The maximum absolute atomic E-state index is 12.8. The molecule has 0 unspecified atom stereocenters. The third-order valence-corrected chi connectivity index (χ3v) is 7.17. The van der Waals surface area contributed by atoms with Gasteiger partial charge in [0.15, 0.2) is 23.1 Å². The number of unbranched alkanes of at least 4 members (excludes halogenated alkanes) is 1. The Morgan fingerprint density at radius 3 is 2.71 bits per heavy atom. The molecule has 0 atom stereocenters. The van der Waals surface area contributed by atoms with Crippen LogP contribution in [0.15, 0.2) is 29.2 Å². The second kappa shape index (κ2) is 10.2. The molecule has 182 valence electrons. The molecule has 3 heterocycles. The Balaban J connectivity index is 1.21. The van der Waals surface area contributed by atoms with Crippen molar-refractivity contribution in [3.63, 3.8) is 0 Å². The number of rotatable bonds is 7. The molecular weight excluding hydrogens is 432 g/mol. The average molecular weight is 467 g/mol. The van der Waals surface area contributed by atoms with Crippen LogP contribution < -0.4 is 26.8 Å². The highest BCUT2D eigenvalue weighted by molar-refractivity contribution is 5.97. The Morgan fingerprint density at radius 1 is 1.12 bits per heavy atom. The molecule has 5 rings (SSSR count). The van der Waals surface area contributed by atoms with Crippen molar-refractivity contribution in [3.8, 4) is 11.5 Å². The lowest BCUT2D eigenvalue weighted by Crippen LogP contribution is -2.43. The lowest BCUT2D eigenvalue weighted by Gasteiger charge is -2.28. The van der Waals surface area contributed by atoms with Crippen LogP contribution in [-0.2, 0) is 0 Å². The highest BCUT2D eigenvalue weighted by Crippen LogP contribution is 2.41. The fraction of sp³-hybridized carbons (Fsp3) is 0.560. The highest BCUT2D eigenvalue weighted by atomic mass is 16.5. The van der Waals surface area contributed by atoms with E-state index in [0.29, 0.717) is 35.0 Å². The SMILES string of the molecule is NC1CCC(n2cc3c(nc2=O)Nc2cc(C(=O)CCCCN4CCNCC4)ccc2O3)CC1. The number of hydrogen-bond acceptors (Lipinski definition) is 8. The minimum atomic E-state index is -0.296. The van der Waals surface area contributed by atoms with Gasteiger partial charge in [0.1, 0.15) is 0 Å². The summed E-state index contributed by atoms with van der Waals surface area (Å²) in [5, 5.41) is 6.55. The predicted octanol–water partition coefficient (Wildman–Crippen LogP) is 2.79. The first kappa shape index (κ1) is 23.0. The van der Waals surface area contributed by atoms with Crippen LogP contribution in [0.1, 0.15) is 61.3 Å². The number of fused-ring (bicyclic) bond motifs is 2. The minimum Gasteiger partial charge on any atom is -0.450 e. The third kappa shape index (κ3) is 5.16. The zero-order chi connectivity index (χ0) is 23.5. The topological polar surface area (TPSA) is 115 Å². The number of carbonyl (C=O) groups excluding carboxylic acids is 1. The minimum absolute atomic E-state index is 0.0988. The van der Waals surface area contributed by atoms with E-state index in [0.717, 1.165) is 71.2 Å². The number of carbonyl (C=O) groups is 1. The number of hydrogen-bond donors (Lipinski definition) is 3. The van der Waals surface area contributed by atoms with Gasteiger partial charge in [-0.1, -0.05) is 0 Å². The quantitative estimate of drug-likeness (QED) is 0.360. The second-order valence-corrected chi connectivity index (χ2v) is 9.62. The number of nitrogens with one attached hydrogen (secondary N) is 2. The molecule has 4 N–H and O–H groups in total. The molecule has 34 heavy (non-hydrogen) atoms. The number of ether oxygens (including phenoxy) is 1. The third-order valence-electron chi connectivity index (χ3n) is 7.17. The molecule has 0 spiro atoms. The number of nitrogens with zero attached hydrogens (tertiary/aromatic N) is 3. The first-order valence-electron chi connectivity index (χ1n) is 12.5. The molecule has 2 aromatic rings. The fourth-order valence-corrected chi connectivity index (χ4v) is 5.09. The number of aromatic nitrogens is 2. The van der Waals surface area contributed by atoms with Gasteiger partial charge in [-0.05, 0) is 63.3 Å². The first-order chi connectivity index (χ1) is 16.6. The van der Waals surface area contributed by atoms with Crippen molar-refractivity contribution in [2.75, 3.05) is 38.0 Å². The Kier molecular flexibility index (Phi) is 6.94. The lowest BCUT2D eigenvalue weighted by atomic mass is 9.91. The van der Waals surface area contributed by atoms with Gasteiger partial charge in [0.05, 0.1) is 11.9 Å². The van der Waals surface area contributed by atoms with Crippen LogP contribution in [0.4, 0.5) is 11.5 Å². The van der Waals surface area contributed by atoms with E-state index in [-0.39, 0.29) is 23.6 Å². The number of ketones is 1. The van der Waals surface area contributed by atoms with Crippen molar-refractivity contribution in [3.05, 3.63) is 40.4 Å². The Morgan fingerprint density at radius 2 is 1.91 bits per heavy atom. The molecule has 2 fully saturated rings. The van der Waals surface area contributed by atoms with Crippen LogP contribution in [0.5, 0.6) is 11.5 Å². The molecule has 2 aliphatic heterocycles. The van der Waals surface area contributed by atoms with Crippen LogP contribution >= 0.6 is 0 Å². The van der Waals surface area contributed by atoms with Crippen molar-refractivity contribution >= 4 is 17.3 Å². The van der Waals surface area contributed by atoms with E-state index < -0.39 is 0 Å². The van der Waals surface area contributed by atoms with Crippen LogP contribution in [0.3, 0.4) is 0 Å². The van der Waals surface area contributed by atoms with E-state index in [1.54, 1.807) is 16.8 Å². The van der Waals surface area contributed by atoms with E-state index in [2.05, 4.69) is 20.5 Å². The summed E-state index contributed by atoms with van der Waals surface area (Å²) in [6.07, 6.45) is 7.72. The van der Waals surface area contributed by atoms with Gasteiger partial charge < -0.3 is 26.0 Å². The van der Waals surface area contributed by atoms with Gasteiger partial charge in [0.25, 0.3) is 0 Å². The Bertz CT molecular complexity index is 1090. The number of benzene rings is 1. The largest absolute Gasteiger partial charge is 0.450 e. The molecule has 0 amide bonds. The van der Waals surface area contributed by atoms with Gasteiger partial charge in [0, 0.05) is 50.2 Å². The van der Waals surface area contributed by atoms with Crippen LogP contribution in [0.25, 0.3) is 0 Å². The van der Waals surface area contributed by atoms with Gasteiger partial charge in [-0.25, -0.2) is 4.79 Å². The summed E-state index contributed by atoms with van der Waals surface area (Å²) < 4.78 is 7.73. The number of piperazine rings is 1. The fourth-order valence-electron chi connectivity index (χ4n) is 5.09. The van der Waals surface area contributed by atoms with Crippen molar-refractivity contribution in [1.29, 1.82) is 0 Å². The first-order valence-corrected chi connectivity index (χ1v) is 12.5. The molecule has 0 bridgehead atoms. The summed E-state index contributed by atoms with van der Waals surface area (Å²) in [7, 11) is 0. The molecule has 1 saturated carbocycles. The predicted molar refractivity (Wildman–Crippen MR) is 131 cm³/mol. The Labute approximate surface area is 199 Å². The van der Waals surface area contributed by atoms with Crippen LogP contribution in [0.2, 0.25) is 0 Å². The average Bonchev–Trinajstić information content (AvgIpc) is 2.86. The van der Waals surface area contributed by atoms with E-state index >= 15 is 0 Å². The molecule has 1 aromatic heterocycles. The summed E-state index contributed by atoms with van der Waals surface area (Å²) in [5.74, 6) is 1.66. The van der Waals surface area contributed by atoms with E-state index in [1.807, 2.05) is 12.1 Å². The maximum Gasteiger partial charge on any atom is 0.350 e. The van der Waals surface area contributed by atoms with Crippen LogP contribution in [0, 0.1) is 0 Å². The van der Waals surface area contributed by atoms with E-state index in [4.69, 9.17) is 10.5 Å². The van der Waals surface area contributed by atoms with Crippen molar-refractivity contribution in [2.45, 2.75) is 57.0 Å². The molecule has 0 radical (unpaired) electrons. The van der Waals surface area contributed by atoms with Crippen molar-refractivity contribution in [2.24, 2.45) is 5.73 Å². The molecule has 1 aromatic carbocycles. The van der Waals surface area contributed by atoms with Crippen LogP contribution in [-0.4, -0.2) is 59.0 Å². The zero-order valence-corrected chi connectivity index (χ0v) is 19.6. The highest BCUT2D eigenvalue weighted by Gasteiger charge is 2.25. The lowest BCUT2D eigenvalue weighted by molar-refractivity contribution is 0.0977. The van der Waals surface area contributed by atoms with Crippen molar-refractivity contribution < 1.29 is 9.53 Å². The number of Topliss-reactive ketones (excluding diaryl/α,β-unsaturated/α-hetero) is 1. The summed E-state index contributed by atoms with van der Waals surface area (Å²) in [6.45, 7) is 5.30. The molecule has 9 nitrogen and oxygen atoms in total. The summed E-state index contributed by atoms with van der Waals surface area (Å²) in [4.78, 5) is 32.1.